The van der Waals surface area contributed by atoms with E-state index < -0.39 is 0 Å². The highest BCUT2D eigenvalue weighted by Crippen LogP contribution is 2.18. The minimum Gasteiger partial charge on any atom is -0.336 e. The van der Waals surface area contributed by atoms with Gasteiger partial charge in [0.05, 0.1) is 10.6 Å². The molecule has 0 fully saturated rings. The van der Waals surface area contributed by atoms with Gasteiger partial charge in [0.25, 0.3) is 0 Å². The van der Waals surface area contributed by atoms with Crippen molar-refractivity contribution in [3.05, 3.63) is 70.5 Å². The molecule has 1 nitrogen and oxygen atoms in total. The molecule has 18 heavy (non-hydrogen) atoms. The Labute approximate surface area is 112 Å². The summed E-state index contributed by atoms with van der Waals surface area (Å²) in [6.07, 6.45) is 0. The van der Waals surface area contributed by atoms with E-state index >= 15 is 0 Å². The van der Waals surface area contributed by atoms with Crippen LogP contribution in [-0.2, 0) is 6.54 Å². The summed E-state index contributed by atoms with van der Waals surface area (Å²) in [7, 11) is 0. The van der Waals surface area contributed by atoms with Gasteiger partial charge < -0.3 is 5.32 Å². The number of quaternary nitrogens is 1. The summed E-state index contributed by atoms with van der Waals surface area (Å²) < 4.78 is 13.6. The second kappa shape index (κ2) is 5.98. The molecule has 0 radical (unpaired) electrons. The van der Waals surface area contributed by atoms with Crippen molar-refractivity contribution in [1.82, 2.24) is 0 Å². The molecule has 1 atom stereocenters. The van der Waals surface area contributed by atoms with E-state index in [2.05, 4.69) is 24.4 Å². The number of hydrogen-bond donors (Lipinski definition) is 1. The fourth-order valence-corrected chi connectivity index (χ4v) is 2.15. The molecule has 0 aliphatic heterocycles. The second-order valence-electron chi connectivity index (χ2n) is 4.34. The Morgan fingerprint density at radius 3 is 2.50 bits per heavy atom. The van der Waals surface area contributed by atoms with Crippen molar-refractivity contribution in [2.24, 2.45) is 0 Å². The molecule has 2 aromatic rings. The van der Waals surface area contributed by atoms with E-state index in [4.69, 9.17) is 11.6 Å². The van der Waals surface area contributed by atoms with Crippen molar-refractivity contribution in [3.8, 4) is 0 Å². The summed E-state index contributed by atoms with van der Waals surface area (Å²) >= 11 is 6.00. The van der Waals surface area contributed by atoms with Gasteiger partial charge in [-0.15, -0.1) is 0 Å². The third-order valence-electron chi connectivity index (χ3n) is 3.06. The van der Waals surface area contributed by atoms with Crippen LogP contribution in [0, 0.1) is 5.82 Å². The van der Waals surface area contributed by atoms with Gasteiger partial charge in [-0.1, -0.05) is 48.0 Å². The molecular formula is C15H16ClFN+. The van der Waals surface area contributed by atoms with Crippen molar-refractivity contribution >= 4 is 11.6 Å². The maximum absolute atomic E-state index is 13.6. The van der Waals surface area contributed by atoms with Crippen LogP contribution in [0.5, 0.6) is 0 Å². The molecule has 3 heteroatoms. The third kappa shape index (κ3) is 3.09. The smallest absolute Gasteiger partial charge is 0.133 e. The van der Waals surface area contributed by atoms with Gasteiger partial charge >= 0.3 is 0 Å². The van der Waals surface area contributed by atoms with E-state index in [1.807, 2.05) is 18.2 Å². The van der Waals surface area contributed by atoms with Gasteiger partial charge in [0.2, 0.25) is 0 Å². The summed E-state index contributed by atoms with van der Waals surface area (Å²) in [4.78, 5) is 0. The maximum Gasteiger partial charge on any atom is 0.133 e. The van der Waals surface area contributed by atoms with Crippen LogP contribution < -0.4 is 5.32 Å². The van der Waals surface area contributed by atoms with Crippen LogP contribution in [0.15, 0.2) is 48.5 Å². The number of benzene rings is 2. The minimum atomic E-state index is -0.237. The first-order chi connectivity index (χ1) is 8.68. The lowest BCUT2D eigenvalue weighted by Crippen LogP contribution is -2.83. The van der Waals surface area contributed by atoms with Gasteiger partial charge in [-0.25, -0.2) is 4.39 Å². The molecule has 0 aliphatic rings. The molecule has 0 aromatic heterocycles. The minimum absolute atomic E-state index is 0.237. The predicted octanol–water partition coefficient (Wildman–Crippen LogP) is 3.30. The molecule has 2 N–H and O–H groups in total. The summed E-state index contributed by atoms with van der Waals surface area (Å²) in [6.45, 7) is 2.64. The molecule has 0 saturated heterocycles. The van der Waals surface area contributed by atoms with E-state index in [-0.39, 0.29) is 11.9 Å². The van der Waals surface area contributed by atoms with Crippen LogP contribution in [0.1, 0.15) is 24.1 Å². The summed E-state index contributed by atoms with van der Waals surface area (Å²) in [5, 5.41) is 2.58. The summed E-state index contributed by atoms with van der Waals surface area (Å²) in [5.74, 6) is -0.237. The zero-order valence-electron chi connectivity index (χ0n) is 10.2. The average Bonchev–Trinajstić information content (AvgIpc) is 2.39. The van der Waals surface area contributed by atoms with Gasteiger partial charge in [-0.05, 0) is 19.1 Å². The van der Waals surface area contributed by atoms with Gasteiger partial charge in [0.1, 0.15) is 18.4 Å². The molecule has 0 spiro atoms. The van der Waals surface area contributed by atoms with Crippen LogP contribution in [0.3, 0.4) is 0 Å². The van der Waals surface area contributed by atoms with Gasteiger partial charge in [-0.3, -0.25) is 0 Å². The first kappa shape index (κ1) is 13.1. The van der Waals surface area contributed by atoms with Crippen molar-refractivity contribution in [3.63, 3.8) is 0 Å². The molecule has 0 bridgehead atoms. The van der Waals surface area contributed by atoms with Crippen molar-refractivity contribution in [1.29, 1.82) is 0 Å². The lowest BCUT2D eigenvalue weighted by molar-refractivity contribution is -0.708. The van der Waals surface area contributed by atoms with Gasteiger partial charge in [-0.2, -0.15) is 0 Å². The van der Waals surface area contributed by atoms with E-state index in [0.29, 0.717) is 17.1 Å². The standard InChI is InChI=1S/C15H15ClFN/c1-11(12-6-3-2-4-7-12)18-10-13-14(16)8-5-9-15(13)17/h2-9,11,18H,10H2,1H3/p+1/t11-/m0/s1. The third-order valence-corrected chi connectivity index (χ3v) is 3.42. The highest BCUT2D eigenvalue weighted by atomic mass is 35.5. The van der Waals surface area contributed by atoms with Crippen molar-refractivity contribution < 1.29 is 9.71 Å². The van der Waals surface area contributed by atoms with Crippen LogP contribution >= 0.6 is 11.6 Å². The van der Waals surface area contributed by atoms with Crippen LogP contribution in [0.2, 0.25) is 5.02 Å². The number of halogens is 2. The maximum atomic E-state index is 13.6. The van der Waals surface area contributed by atoms with E-state index in [1.165, 1.54) is 11.6 Å². The van der Waals surface area contributed by atoms with Crippen LogP contribution in [0.4, 0.5) is 4.39 Å². The Balaban J connectivity index is 2.04. The topological polar surface area (TPSA) is 16.6 Å². The largest absolute Gasteiger partial charge is 0.336 e. The lowest BCUT2D eigenvalue weighted by Gasteiger charge is -2.12. The van der Waals surface area contributed by atoms with E-state index in [0.717, 1.165) is 0 Å². The molecule has 0 heterocycles. The first-order valence-electron chi connectivity index (χ1n) is 5.99. The zero-order chi connectivity index (χ0) is 13.0. The summed E-state index contributed by atoms with van der Waals surface area (Å²) in [6, 6.07) is 15.2. The normalized spacial score (nSPS) is 12.4. The zero-order valence-corrected chi connectivity index (χ0v) is 11.0. The second-order valence-corrected chi connectivity index (χ2v) is 4.75. The molecule has 94 valence electrons. The highest BCUT2D eigenvalue weighted by Gasteiger charge is 2.12. The Bertz CT molecular complexity index is 493. The Hall–Kier alpha value is -1.38. The number of nitrogens with two attached hydrogens (primary N) is 1. The molecular weight excluding hydrogens is 249 g/mol. The monoisotopic (exact) mass is 264 g/mol. The predicted molar refractivity (Wildman–Crippen MR) is 71.9 cm³/mol. The summed E-state index contributed by atoms with van der Waals surface area (Å²) in [5.41, 5.74) is 1.80. The Morgan fingerprint density at radius 2 is 1.83 bits per heavy atom. The van der Waals surface area contributed by atoms with Crippen LogP contribution in [-0.4, -0.2) is 0 Å². The van der Waals surface area contributed by atoms with Crippen molar-refractivity contribution in [2.45, 2.75) is 19.5 Å². The van der Waals surface area contributed by atoms with Gasteiger partial charge in [0, 0.05) is 5.56 Å². The van der Waals surface area contributed by atoms with Gasteiger partial charge in [0.15, 0.2) is 0 Å². The Kier molecular flexibility index (Phi) is 4.34. The fraction of sp³-hybridized carbons (Fsp3) is 0.200. The quantitative estimate of drug-likeness (QED) is 0.873. The molecule has 0 amide bonds. The fourth-order valence-electron chi connectivity index (χ4n) is 1.91. The van der Waals surface area contributed by atoms with Crippen LogP contribution in [0.25, 0.3) is 0 Å². The van der Waals surface area contributed by atoms with E-state index in [1.54, 1.807) is 12.1 Å². The molecule has 0 unspecified atom stereocenters. The first-order valence-corrected chi connectivity index (χ1v) is 6.37. The van der Waals surface area contributed by atoms with E-state index in [9.17, 15) is 4.39 Å². The number of rotatable bonds is 4. The van der Waals surface area contributed by atoms with Crippen molar-refractivity contribution in [2.75, 3.05) is 0 Å². The molecule has 2 rings (SSSR count). The highest BCUT2D eigenvalue weighted by molar-refractivity contribution is 6.31. The molecule has 2 aromatic carbocycles. The molecule has 0 saturated carbocycles. The average molecular weight is 265 g/mol. The SMILES string of the molecule is C[C@H]([NH2+]Cc1c(F)cccc1Cl)c1ccccc1. The lowest BCUT2D eigenvalue weighted by atomic mass is 10.1. The number of hydrogen-bond acceptors (Lipinski definition) is 0. The Morgan fingerprint density at radius 1 is 1.11 bits per heavy atom. The molecule has 0 aliphatic carbocycles.